The van der Waals surface area contributed by atoms with Gasteiger partial charge in [0, 0.05) is 11.1 Å². The van der Waals surface area contributed by atoms with Crippen molar-refractivity contribution in [3.05, 3.63) is 41.7 Å². The zero-order valence-electron chi connectivity index (χ0n) is 10.3. The van der Waals surface area contributed by atoms with Crippen molar-refractivity contribution >= 4 is 17.7 Å². The van der Waals surface area contributed by atoms with Crippen LogP contribution in [0.3, 0.4) is 0 Å². The van der Waals surface area contributed by atoms with Crippen molar-refractivity contribution in [1.82, 2.24) is 9.78 Å². The Balaban J connectivity index is 2.52. The van der Waals surface area contributed by atoms with Crippen molar-refractivity contribution < 1.29 is 4.79 Å². The molecule has 0 unspecified atom stereocenters. The molecule has 0 aliphatic rings. The summed E-state index contributed by atoms with van der Waals surface area (Å²) in [5.41, 5.74) is 6.54. The Kier molecular flexibility index (Phi) is 3.88. The van der Waals surface area contributed by atoms with Crippen LogP contribution in [0.25, 0.3) is 5.69 Å². The third-order valence-corrected chi connectivity index (χ3v) is 3.44. The van der Waals surface area contributed by atoms with Gasteiger partial charge in [0.15, 0.2) is 0 Å². The first-order valence-electron chi connectivity index (χ1n) is 5.69. The van der Waals surface area contributed by atoms with Gasteiger partial charge in [-0.15, -0.1) is 11.8 Å². The molecular weight excluding hydrogens is 260 g/mol. The summed E-state index contributed by atoms with van der Waals surface area (Å²) >= 11 is 1.59. The van der Waals surface area contributed by atoms with E-state index in [1.54, 1.807) is 24.0 Å². The highest BCUT2D eigenvalue weighted by atomic mass is 32.2. The topological polar surface area (TPSA) is 84.7 Å². The van der Waals surface area contributed by atoms with Gasteiger partial charge in [0.25, 0.3) is 5.91 Å². The number of rotatable bonds is 4. The van der Waals surface area contributed by atoms with E-state index in [0.717, 1.165) is 10.6 Å². The van der Waals surface area contributed by atoms with Crippen LogP contribution in [0.4, 0.5) is 0 Å². The number of amides is 1. The molecule has 1 aromatic carbocycles. The van der Waals surface area contributed by atoms with E-state index in [0.29, 0.717) is 11.3 Å². The lowest BCUT2D eigenvalue weighted by Gasteiger charge is -2.08. The molecule has 1 heterocycles. The minimum Gasteiger partial charge on any atom is -0.364 e. The fourth-order valence-corrected chi connectivity index (χ4v) is 2.47. The molecule has 2 aromatic rings. The van der Waals surface area contributed by atoms with Gasteiger partial charge >= 0.3 is 0 Å². The number of thioether (sulfide) groups is 1. The first-order chi connectivity index (χ1) is 9.17. The van der Waals surface area contributed by atoms with Crippen LogP contribution >= 0.6 is 11.8 Å². The predicted octanol–water partition coefficient (Wildman–Crippen LogP) is 1.95. The van der Waals surface area contributed by atoms with Crippen molar-refractivity contribution in [1.29, 1.82) is 5.26 Å². The van der Waals surface area contributed by atoms with Crippen molar-refractivity contribution in [2.24, 2.45) is 5.73 Å². The Morgan fingerprint density at radius 2 is 2.32 bits per heavy atom. The maximum Gasteiger partial charge on any atom is 0.269 e. The Hall–Kier alpha value is -2.26. The van der Waals surface area contributed by atoms with Gasteiger partial charge < -0.3 is 5.73 Å². The van der Waals surface area contributed by atoms with Gasteiger partial charge in [-0.2, -0.15) is 10.4 Å². The monoisotopic (exact) mass is 272 g/mol. The second kappa shape index (κ2) is 5.59. The molecule has 0 fully saturated rings. The third-order valence-electron chi connectivity index (χ3n) is 2.50. The maximum atomic E-state index is 11.0. The SMILES string of the molecule is CCSc1cccc(-n2ccc(C(N)=O)n2)c1C#N. The lowest BCUT2D eigenvalue weighted by Crippen LogP contribution is -2.12. The summed E-state index contributed by atoms with van der Waals surface area (Å²) in [6, 6.07) is 9.27. The molecular formula is C13H12N4OS. The summed E-state index contributed by atoms with van der Waals surface area (Å²) < 4.78 is 1.50. The third kappa shape index (κ3) is 2.61. The Bertz CT molecular complexity index is 657. The van der Waals surface area contributed by atoms with Crippen molar-refractivity contribution in [3.63, 3.8) is 0 Å². The molecule has 5 nitrogen and oxygen atoms in total. The predicted molar refractivity (Wildman–Crippen MR) is 73.2 cm³/mol. The van der Waals surface area contributed by atoms with Crippen LogP contribution in [0.1, 0.15) is 23.0 Å². The van der Waals surface area contributed by atoms with E-state index >= 15 is 0 Å². The van der Waals surface area contributed by atoms with Gasteiger partial charge in [0.05, 0.1) is 11.3 Å². The average molecular weight is 272 g/mol. The van der Waals surface area contributed by atoms with E-state index < -0.39 is 5.91 Å². The van der Waals surface area contributed by atoms with E-state index in [1.807, 2.05) is 19.1 Å². The molecule has 1 aromatic heterocycles. The first-order valence-corrected chi connectivity index (χ1v) is 6.67. The molecule has 2 N–H and O–H groups in total. The highest BCUT2D eigenvalue weighted by molar-refractivity contribution is 7.99. The average Bonchev–Trinajstić information content (AvgIpc) is 2.88. The number of nitriles is 1. The number of carbonyl (C=O) groups excluding carboxylic acids is 1. The number of carbonyl (C=O) groups is 1. The number of hydrogen-bond donors (Lipinski definition) is 1. The van der Waals surface area contributed by atoms with Crippen LogP contribution in [0.2, 0.25) is 0 Å². The Morgan fingerprint density at radius 3 is 2.89 bits per heavy atom. The number of nitrogens with two attached hydrogens (primary N) is 1. The van der Waals surface area contributed by atoms with E-state index in [-0.39, 0.29) is 5.69 Å². The largest absolute Gasteiger partial charge is 0.364 e. The number of nitrogens with zero attached hydrogens (tertiary/aromatic N) is 3. The molecule has 19 heavy (non-hydrogen) atoms. The van der Waals surface area contributed by atoms with E-state index in [2.05, 4.69) is 11.2 Å². The van der Waals surface area contributed by atoms with Gasteiger partial charge in [0.1, 0.15) is 11.8 Å². The molecule has 0 radical (unpaired) electrons. The van der Waals surface area contributed by atoms with E-state index in [4.69, 9.17) is 5.73 Å². The molecule has 1 amide bonds. The molecule has 0 bridgehead atoms. The molecule has 6 heteroatoms. The van der Waals surface area contributed by atoms with Crippen LogP contribution in [0.5, 0.6) is 0 Å². The van der Waals surface area contributed by atoms with Gasteiger partial charge in [-0.25, -0.2) is 4.68 Å². The summed E-state index contributed by atoms with van der Waals surface area (Å²) in [4.78, 5) is 11.9. The number of aromatic nitrogens is 2. The second-order valence-corrected chi connectivity index (χ2v) is 5.01. The maximum absolute atomic E-state index is 11.0. The van der Waals surface area contributed by atoms with E-state index in [1.165, 1.54) is 10.7 Å². The Labute approximate surface area is 115 Å². The minimum absolute atomic E-state index is 0.178. The van der Waals surface area contributed by atoms with Crippen molar-refractivity contribution in [3.8, 4) is 11.8 Å². The number of hydrogen-bond acceptors (Lipinski definition) is 4. The van der Waals surface area contributed by atoms with Gasteiger partial charge in [-0.05, 0) is 24.0 Å². The summed E-state index contributed by atoms with van der Waals surface area (Å²) in [5.74, 6) is 0.292. The summed E-state index contributed by atoms with van der Waals surface area (Å²) in [6.07, 6.45) is 1.62. The number of benzene rings is 1. The molecule has 0 aliphatic carbocycles. The summed E-state index contributed by atoms with van der Waals surface area (Å²) in [7, 11) is 0. The standard InChI is InChI=1S/C13H12N4OS/c1-2-19-12-5-3-4-11(9(12)8-14)17-7-6-10(16-17)13(15)18/h3-7H,2H2,1H3,(H2,15,18). The molecule has 96 valence electrons. The fraction of sp³-hybridized carbons (Fsp3) is 0.154. The highest BCUT2D eigenvalue weighted by Crippen LogP contribution is 2.26. The molecule has 0 spiro atoms. The fourth-order valence-electron chi connectivity index (χ4n) is 1.69. The lowest BCUT2D eigenvalue weighted by atomic mass is 10.2. The van der Waals surface area contributed by atoms with Crippen LogP contribution in [0, 0.1) is 11.3 Å². The molecule has 0 saturated carbocycles. The van der Waals surface area contributed by atoms with Gasteiger partial charge in [-0.1, -0.05) is 13.0 Å². The van der Waals surface area contributed by atoms with Crippen LogP contribution in [0.15, 0.2) is 35.4 Å². The normalized spacial score (nSPS) is 10.1. The Morgan fingerprint density at radius 1 is 1.53 bits per heavy atom. The zero-order chi connectivity index (χ0) is 13.8. The second-order valence-electron chi connectivity index (χ2n) is 3.70. The lowest BCUT2D eigenvalue weighted by molar-refractivity contribution is 0.0995. The van der Waals surface area contributed by atoms with Gasteiger partial charge in [-0.3, -0.25) is 4.79 Å². The zero-order valence-corrected chi connectivity index (χ0v) is 11.1. The van der Waals surface area contributed by atoms with Gasteiger partial charge in [0.2, 0.25) is 0 Å². The van der Waals surface area contributed by atoms with Crippen LogP contribution in [-0.4, -0.2) is 21.4 Å². The smallest absolute Gasteiger partial charge is 0.269 e. The summed E-state index contributed by atoms with van der Waals surface area (Å²) in [6.45, 7) is 2.03. The first kappa shape index (κ1) is 13.2. The van der Waals surface area contributed by atoms with Crippen LogP contribution < -0.4 is 5.73 Å². The molecule has 0 aliphatic heterocycles. The highest BCUT2D eigenvalue weighted by Gasteiger charge is 2.12. The van der Waals surface area contributed by atoms with Crippen LogP contribution in [-0.2, 0) is 0 Å². The summed E-state index contributed by atoms with van der Waals surface area (Å²) in [5, 5.41) is 13.4. The number of primary amides is 1. The molecule has 0 atom stereocenters. The molecule has 2 rings (SSSR count). The van der Waals surface area contributed by atoms with Crippen molar-refractivity contribution in [2.75, 3.05) is 5.75 Å². The van der Waals surface area contributed by atoms with Crippen molar-refractivity contribution in [2.45, 2.75) is 11.8 Å². The quantitative estimate of drug-likeness (QED) is 0.862. The molecule has 0 saturated heterocycles. The minimum atomic E-state index is -0.587. The van der Waals surface area contributed by atoms with E-state index in [9.17, 15) is 10.1 Å².